The summed E-state index contributed by atoms with van der Waals surface area (Å²) in [4.78, 5) is 1.35. The van der Waals surface area contributed by atoms with Gasteiger partial charge in [-0.3, -0.25) is 0 Å². The van der Waals surface area contributed by atoms with E-state index in [4.69, 9.17) is 5.11 Å². The van der Waals surface area contributed by atoms with Crippen LogP contribution in [0.25, 0.3) is 0 Å². The number of thiophene rings is 1. The zero-order valence-electron chi connectivity index (χ0n) is 10.8. The molecule has 17 heavy (non-hydrogen) atoms. The van der Waals surface area contributed by atoms with Crippen molar-refractivity contribution in [1.29, 1.82) is 0 Å². The van der Waals surface area contributed by atoms with Crippen molar-refractivity contribution in [2.75, 3.05) is 13.2 Å². The number of aliphatic hydroxyl groups excluding tert-OH is 1. The lowest BCUT2D eigenvalue weighted by Crippen LogP contribution is -2.31. The Labute approximate surface area is 117 Å². The second kappa shape index (κ2) is 6.88. The third-order valence-electron chi connectivity index (χ3n) is 2.94. The van der Waals surface area contributed by atoms with Gasteiger partial charge in [0.1, 0.15) is 0 Å². The van der Waals surface area contributed by atoms with Gasteiger partial charge in [0.25, 0.3) is 0 Å². The minimum absolute atomic E-state index is 0.237. The minimum Gasteiger partial charge on any atom is -0.396 e. The monoisotopic (exact) mass is 319 g/mol. The summed E-state index contributed by atoms with van der Waals surface area (Å²) in [5.41, 5.74) is 0.237. The molecule has 0 spiro atoms. The zero-order valence-corrected chi connectivity index (χ0v) is 13.2. The molecule has 1 aromatic rings. The Morgan fingerprint density at radius 3 is 2.76 bits per heavy atom. The van der Waals surface area contributed by atoms with Crippen molar-refractivity contribution in [3.05, 3.63) is 20.8 Å². The molecule has 0 aliphatic heterocycles. The van der Waals surface area contributed by atoms with E-state index in [9.17, 15) is 0 Å². The number of nitrogens with one attached hydrogen (secondary N) is 1. The number of halogens is 1. The molecular formula is C13H22BrNOS. The topological polar surface area (TPSA) is 32.3 Å². The summed E-state index contributed by atoms with van der Waals surface area (Å²) in [7, 11) is 0. The summed E-state index contributed by atoms with van der Waals surface area (Å²) in [6.07, 6.45) is 1.93. The zero-order chi connectivity index (χ0) is 12.9. The summed E-state index contributed by atoms with van der Waals surface area (Å²) in [6, 6.07) is 2.47. The van der Waals surface area contributed by atoms with Gasteiger partial charge in [-0.25, -0.2) is 0 Å². The molecule has 2 N–H and O–H groups in total. The van der Waals surface area contributed by atoms with Gasteiger partial charge < -0.3 is 10.4 Å². The fraction of sp³-hybridized carbons (Fsp3) is 0.692. The standard InChI is InChI=1S/C13H22BrNOS/c1-10(12-11(14)5-8-17-12)15-9-13(2,3)6-4-7-16/h5,8,10,15-16H,4,6-7,9H2,1-3H3. The molecule has 0 fully saturated rings. The van der Waals surface area contributed by atoms with Gasteiger partial charge >= 0.3 is 0 Å². The first-order valence-electron chi connectivity index (χ1n) is 6.03. The van der Waals surface area contributed by atoms with E-state index in [-0.39, 0.29) is 12.0 Å². The molecule has 1 atom stereocenters. The van der Waals surface area contributed by atoms with Crippen LogP contribution in [0.2, 0.25) is 0 Å². The van der Waals surface area contributed by atoms with Gasteiger partial charge in [-0.05, 0) is 52.6 Å². The molecule has 1 heterocycles. The van der Waals surface area contributed by atoms with Crippen molar-refractivity contribution in [3.63, 3.8) is 0 Å². The molecule has 0 radical (unpaired) electrons. The van der Waals surface area contributed by atoms with Crippen LogP contribution in [0, 0.1) is 5.41 Å². The van der Waals surface area contributed by atoms with E-state index in [2.05, 4.69) is 53.5 Å². The maximum absolute atomic E-state index is 8.87. The quantitative estimate of drug-likeness (QED) is 0.797. The molecule has 0 saturated carbocycles. The van der Waals surface area contributed by atoms with Crippen LogP contribution in [0.1, 0.15) is 44.5 Å². The first kappa shape index (κ1) is 15.2. The summed E-state index contributed by atoms with van der Waals surface area (Å²) in [5, 5.41) is 14.5. The van der Waals surface area contributed by atoms with Gasteiger partial charge in [0.15, 0.2) is 0 Å². The predicted octanol–water partition coefficient (Wildman–Crippen LogP) is 3.96. The summed E-state index contributed by atoms with van der Waals surface area (Å²) in [6.45, 7) is 7.93. The Morgan fingerprint density at radius 1 is 1.53 bits per heavy atom. The number of hydrogen-bond acceptors (Lipinski definition) is 3. The Kier molecular flexibility index (Phi) is 6.13. The van der Waals surface area contributed by atoms with Crippen molar-refractivity contribution in [2.24, 2.45) is 5.41 Å². The van der Waals surface area contributed by atoms with Crippen molar-refractivity contribution in [3.8, 4) is 0 Å². The third-order valence-corrected chi connectivity index (χ3v) is 4.99. The van der Waals surface area contributed by atoms with Crippen molar-refractivity contribution >= 4 is 27.3 Å². The smallest absolute Gasteiger partial charge is 0.0431 e. The summed E-state index contributed by atoms with van der Waals surface area (Å²) in [5.74, 6) is 0. The Morgan fingerprint density at radius 2 is 2.24 bits per heavy atom. The first-order valence-corrected chi connectivity index (χ1v) is 7.71. The lowest BCUT2D eigenvalue weighted by molar-refractivity contribution is 0.233. The molecule has 0 aliphatic rings. The number of rotatable bonds is 7. The van der Waals surface area contributed by atoms with E-state index in [0.717, 1.165) is 19.4 Å². The van der Waals surface area contributed by atoms with E-state index in [1.807, 2.05) is 0 Å². The molecule has 2 nitrogen and oxygen atoms in total. The fourth-order valence-electron chi connectivity index (χ4n) is 1.78. The minimum atomic E-state index is 0.237. The summed E-state index contributed by atoms with van der Waals surface area (Å²) < 4.78 is 1.19. The van der Waals surface area contributed by atoms with Crippen molar-refractivity contribution < 1.29 is 5.11 Å². The summed E-state index contributed by atoms with van der Waals surface area (Å²) >= 11 is 5.34. The van der Waals surface area contributed by atoms with E-state index in [1.165, 1.54) is 9.35 Å². The molecule has 1 aromatic heterocycles. The molecule has 0 amide bonds. The van der Waals surface area contributed by atoms with Crippen LogP contribution < -0.4 is 5.32 Å². The van der Waals surface area contributed by atoms with Gasteiger partial charge in [-0.1, -0.05) is 13.8 Å². The molecule has 0 aromatic carbocycles. The number of aliphatic hydroxyl groups is 1. The first-order chi connectivity index (χ1) is 7.96. The molecule has 0 bridgehead atoms. The van der Waals surface area contributed by atoms with E-state index in [0.29, 0.717) is 6.04 Å². The van der Waals surface area contributed by atoms with Crippen LogP contribution in [-0.2, 0) is 0 Å². The highest BCUT2D eigenvalue weighted by Gasteiger charge is 2.19. The number of hydrogen-bond donors (Lipinski definition) is 2. The fourth-order valence-corrected chi connectivity index (χ4v) is 3.53. The van der Waals surface area contributed by atoms with E-state index < -0.39 is 0 Å². The highest BCUT2D eigenvalue weighted by Crippen LogP contribution is 2.30. The Balaban J connectivity index is 2.42. The van der Waals surface area contributed by atoms with Gasteiger partial charge in [0.2, 0.25) is 0 Å². The molecule has 98 valence electrons. The Bertz CT molecular complexity index is 338. The maximum atomic E-state index is 8.87. The third kappa shape index (κ3) is 5.08. The van der Waals surface area contributed by atoms with Crippen LogP contribution in [0.5, 0.6) is 0 Å². The second-order valence-electron chi connectivity index (χ2n) is 5.23. The van der Waals surface area contributed by atoms with E-state index in [1.54, 1.807) is 11.3 Å². The van der Waals surface area contributed by atoms with Crippen LogP contribution in [0.4, 0.5) is 0 Å². The van der Waals surface area contributed by atoms with Crippen LogP contribution in [0.15, 0.2) is 15.9 Å². The molecule has 0 aliphatic carbocycles. The largest absolute Gasteiger partial charge is 0.396 e. The lowest BCUT2D eigenvalue weighted by atomic mass is 9.87. The molecule has 1 rings (SSSR count). The van der Waals surface area contributed by atoms with Crippen LogP contribution >= 0.6 is 27.3 Å². The van der Waals surface area contributed by atoms with Crippen LogP contribution in [0.3, 0.4) is 0 Å². The van der Waals surface area contributed by atoms with Crippen molar-refractivity contribution in [2.45, 2.75) is 39.7 Å². The molecule has 1 unspecified atom stereocenters. The van der Waals surface area contributed by atoms with Gasteiger partial charge in [0, 0.05) is 28.5 Å². The van der Waals surface area contributed by atoms with Gasteiger partial charge in [-0.15, -0.1) is 11.3 Å². The van der Waals surface area contributed by atoms with Gasteiger partial charge in [-0.2, -0.15) is 0 Å². The Hall–Kier alpha value is 0.100. The average Bonchev–Trinajstić information content (AvgIpc) is 2.70. The maximum Gasteiger partial charge on any atom is 0.0431 e. The van der Waals surface area contributed by atoms with Crippen molar-refractivity contribution in [1.82, 2.24) is 5.32 Å². The van der Waals surface area contributed by atoms with Crippen LogP contribution in [-0.4, -0.2) is 18.3 Å². The normalized spacial score (nSPS) is 13.9. The van der Waals surface area contributed by atoms with E-state index >= 15 is 0 Å². The average molecular weight is 320 g/mol. The predicted molar refractivity (Wildman–Crippen MR) is 78.5 cm³/mol. The second-order valence-corrected chi connectivity index (χ2v) is 7.03. The molecule has 0 saturated heterocycles. The molecular weight excluding hydrogens is 298 g/mol. The highest BCUT2D eigenvalue weighted by molar-refractivity contribution is 9.10. The molecule has 4 heteroatoms. The highest BCUT2D eigenvalue weighted by atomic mass is 79.9. The SMILES string of the molecule is CC(NCC(C)(C)CCCO)c1sccc1Br. The van der Waals surface area contributed by atoms with Gasteiger partial charge in [0.05, 0.1) is 0 Å². The lowest BCUT2D eigenvalue weighted by Gasteiger charge is -2.27.